The number of ether oxygens (including phenoxy) is 2. The number of nitrogens with zero attached hydrogens (tertiary/aromatic N) is 1. The molecule has 1 saturated heterocycles. The van der Waals surface area contributed by atoms with Gasteiger partial charge in [-0.25, -0.2) is 0 Å². The molecule has 1 heterocycles. The van der Waals surface area contributed by atoms with Gasteiger partial charge in [0.15, 0.2) is 6.29 Å². The van der Waals surface area contributed by atoms with Crippen molar-refractivity contribution in [2.24, 2.45) is 0 Å². The molecular formula is C22H29NO2S. The van der Waals surface area contributed by atoms with Crippen LogP contribution in [0.1, 0.15) is 44.3 Å². The maximum Gasteiger partial charge on any atom is 0.182 e. The van der Waals surface area contributed by atoms with Crippen LogP contribution in [0.2, 0.25) is 0 Å². The second kappa shape index (κ2) is 8.13. The number of likely N-dealkylation sites (N-methyl/N-ethyl adjacent to an activating group) is 1. The third-order valence-corrected chi connectivity index (χ3v) is 6.02. The molecule has 1 aliphatic heterocycles. The predicted octanol–water partition coefficient (Wildman–Crippen LogP) is 5.00. The van der Waals surface area contributed by atoms with E-state index in [9.17, 15) is 0 Å². The third-order valence-electron chi connectivity index (χ3n) is 5.60. The summed E-state index contributed by atoms with van der Waals surface area (Å²) in [6, 6.07) is 20.9. The highest BCUT2D eigenvalue weighted by atomic mass is 32.1. The van der Waals surface area contributed by atoms with Gasteiger partial charge in [0.25, 0.3) is 0 Å². The first-order valence-electron chi connectivity index (χ1n) is 9.34. The summed E-state index contributed by atoms with van der Waals surface area (Å²) in [6.45, 7) is 9.67. The van der Waals surface area contributed by atoms with Crippen LogP contribution in [0.3, 0.4) is 0 Å². The molecule has 2 aromatic carbocycles. The van der Waals surface area contributed by atoms with Gasteiger partial charge in [0.05, 0.1) is 11.6 Å². The van der Waals surface area contributed by atoms with Crippen molar-refractivity contribution in [3.05, 3.63) is 71.8 Å². The summed E-state index contributed by atoms with van der Waals surface area (Å²) in [5.74, 6) is 0. The number of hydrogen-bond acceptors (Lipinski definition) is 4. The molecule has 3 nitrogen and oxygen atoms in total. The van der Waals surface area contributed by atoms with Crippen molar-refractivity contribution in [2.45, 2.75) is 57.1 Å². The lowest BCUT2D eigenvalue weighted by molar-refractivity contribution is -0.288. The van der Waals surface area contributed by atoms with Gasteiger partial charge in [-0.1, -0.05) is 67.6 Å². The van der Waals surface area contributed by atoms with E-state index in [4.69, 9.17) is 22.1 Å². The zero-order chi connectivity index (χ0) is 18.7. The topological polar surface area (TPSA) is 21.7 Å². The standard InChI is InChI=1S/C22H29NO2S/c1-5-23-16(2)17(3)24-21(22(23,4)19-14-10-7-11-15-19)25-20(26)18-12-8-6-9-13-18/h6-17,20-21,26H,5H2,1-4H3/t16?,17?,20?,21-,22+/m1/s1. The quantitative estimate of drug-likeness (QED) is 0.590. The van der Waals surface area contributed by atoms with Crippen molar-refractivity contribution in [1.29, 1.82) is 0 Å². The molecule has 3 rings (SSSR count). The molecule has 0 N–H and O–H groups in total. The Hall–Kier alpha value is -1.33. The SMILES string of the molecule is CCN1C(C)C(C)O[C@H](OC(S)c2ccccc2)[C@]1(C)c1ccccc1. The molecule has 1 fully saturated rings. The molecule has 4 heteroatoms. The Balaban J connectivity index is 1.97. The zero-order valence-electron chi connectivity index (χ0n) is 16.0. The van der Waals surface area contributed by atoms with E-state index in [2.05, 4.69) is 56.9 Å². The van der Waals surface area contributed by atoms with E-state index >= 15 is 0 Å². The molecule has 0 amide bonds. The molecule has 5 atom stereocenters. The smallest absolute Gasteiger partial charge is 0.182 e. The molecule has 0 aliphatic carbocycles. The Morgan fingerprint density at radius 3 is 2.23 bits per heavy atom. The molecule has 0 spiro atoms. The highest BCUT2D eigenvalue weighted by Crippen LogP contribution is 2.43. The molecule has 0 aromatic heterocycles. The van der Waals surface area contributed by atoms with E-state index in [1.165, 1.54) is 5.56 Å². The van der Waals surface area contributed by atoms with Crippen LogP contribution in [0.4, 0.5) is 0 Å². The van der Waals surface area contributed by atoms with E-state index in [0.717, 1.165) is 12.1 Å². The molecule has 0 saturated carbocycles. The predicted molar refractivity (Wildman–Crippen MR) is 109 cm³/mol. The first-order valence-corrected chi connectivity index (χ1v) is 9.86. The van der Waals surface area contributed by atoms with Gasteiger partial charge in [-0.05, 0) is 38.4 Å². The van der Waals surface area contributed by atoms with Gasteiger partial charge >= 0.3 is 0 Å². The van der Waals surface area contributed by atoms with Gasteiger partial charge in [0, 0.05) is 6.04 Å². The lowest BCUT2D eigenvalue weighted by Gasteiger charge is -2.55. The summed E-state index contributed by atoms with van der Waals surface area (Å²) in [5, 5.41) is 0. The van der Waals surface area contributed by atoms with Crippen molar-refractivity contribution in [1.82, 2.24) is 4.90 Å². The Bertz CT molecular complexity index is 696. The fraction of sp³-hybridized carbons (Fsp3) is 0.455. The third kappa shape index (κ3) is 3.56. The van der Waals surface area contributed by atoms with Crippen LogP contribution in [0.15, 0.2) is 60.7 Å². The minimum Gasteiger partial charge on any atom is -0.346 e. The molecule has 1 aliphatic rings. The largest absolute Gasteiger partial charge is 0.346 e. The van der Waals surface area contributed by atoms with Gasteiger partial charge in [0.1, 0.15) is 5.44 Å². The summed E-state index contributed by atoms with van der Waals surface area (Å²) in [5.41, 5.74) is 1.49. The lowest BCUT2D eigenvalue weighted by Crippen LogP contribution is -2.64. The van der Waals surface area contributed by atoms with Gasteiger partial charge in [-0.2, -0.15) is 0 Å². The van der Waals surface area contributed by atoms with E-state index in [1.807, 2.05) is 36.4 Å². The molecule has 3 unspecified atom stereocenters. The molecule has 26 heavy (non-hydrogen) atoms. The Kier molecular flexibility index (Phi) is 6.08. The van der Waals surface area contributed by atoms with Crippen LogP contribution in [0.25, 0.3) is 0 Å². The second-order valence-corrected chi connectivity index (χ2v) is 7.58. The van der Waals surface area contributed by atoms with Crippen molar-refractivity contribution >= 4 is 12.6 Å². The van der Waals surface area contributed by atoms with Crippen LogP contribution in [-0.2, 0) is 15.0 Å². The number of benzene rings is 2. The van der Waals surface area contributed by atoms with Crippen molar-refractivity contribution in [3.63, 3.8) is 0 Å². The summed E-state index contributed by atoms with van der Waals surface area (Å²) in [4.78, 5) is 2.48. The first-order chi connectivity index (χ1) is 12.5. The number of morpholine rings is 1. The van der Waals surface area contributed by atoms with Gasteiger partial charge in [-0.15, -0.1) is 12.6 Å². The summed E-state index contributed by atoms with van der Waals surface area (Å²) >= 11 is 4.71. The first kappa shape index (κ1) is 19.4. The maximum atomic E-state index is 6.40. The van der Waals surface area contributed by atoms with Crippen molar-refractivity contribution in [3.8, 4) is 0 Å². The number of rotatable bonds is 5. The van der Waals surface area contributed by atoms with Gasteiger partial charge in [-0.3, -0.25) is 4.90 Å². The summed E-state index contributed by atoms with van der Waals surface area (Å²) < 4.78 is 12.8. The van der Waals surface area contributed by atoms with E-state index < -0.39 is 11.8 Å². The van der Waals surface area contributed by atoms with Crippen LogP contribution >= 0.6 is 12.6 Å². The molecular weight excluding hydrogens is 342 g/mol. The average molecular weight is 372 g/mol. The van der Waals surface area contributed by atoms with Crippen LogP contribution < -0.4 is 0 Å². The molecule has 140 valence electrons. The normalized spacial score (nSPS) is 30.9. The highest BCUT2D eigenvalue weighted by molar-refractivity contribution is 7.80. The van der Waals surface area contributed by atoms with E-state index in [1.54, 1.807) is 0 Å². The minimum atomic E-state index is -0.418. The van der Waals surface area contributed by atoms with Gasteiger partial charge < -0.3 is 9.47 Å². The zero-order valence-corrected chi connectivity index (χ0v) is 16.9. The van der Waals surface area contributed by atoms with Crippen molar-refractivity contribution < 1.29 is 9.47 Å². The lowest BCUT2D eigenvalue weighted by atomic mass is 9.85. The maximum absolute atomic E-state index is 6.40. The fourth-order valence-electron chi connectivity index (χ4n) is 3.92. The number of hydrogen-bond donors (Lipinski definition) is 1. The Morgan fingerprint density at radius 1 is 1.08 bits per heavy atom. The summed E-state index contributed by atoms with van der Waals surface area (Å²) in [6.07, 6.45) is -0.341. The van der Waals surface area contributed by atoms with Crippen molar-refractivity contribution in [2.75, 3.05) is 6.54 Å². The van der Waals surface area contributed by atoms with Gasteiger partial charge in [0.2, 0.25) is 0 Å². The van der Waals surface area contributed by atoms with E-state index in [0.29, 0.717) is 6.04 Å². The van der Waals surface area contributed by atoms with Crippen LogP contribution in [-0.4, -0.2) is 29.9 Å². The average Bonchev–Trinajstić information content (AvgIpc) is 2.68. The Labute approximate surface area is 162 Å². The fourth-order valence-corrected chi connectivity index (χ4v) is 4.21. The molecule has 0 radical (unpaired) electrons. The monoisotopic (exact) mass is 371 g/mol. The van der Waals surface area contributed by atoms with Crippen LogP contribution in [0, 0.1) is 0 Å². The second-order valence-electron chi connectivity index (χ2n) is 7.11. The minimum absolute atomic E-state index is 0.0769. The number of thiol groups is 1. The molecule has 2 aromatic rings. The highest BCUT2D eigenvalue weighted by Gasteiger charge is 2.50. The van der Waals surface area contributed by atoms with E-state index in [-0.39, 0.29) is 11.5 Å². The Morgan fingerprint density at radius 2 is 1.65 bits per heavy atom. The van der Waals surface area contributed by atoms with Crippen LogP contribution in [0.5, 0.6) is 0 Å². The molecule has 0 bridgehead atoms. The summed E-state index contributed by atoms with van der Waals surface area (Å²) in [7, 11) is 0.